The van der Waals surface area contributed by atoms with Gasteiger partial charge in [0.05, 0.1) is 0 Å². The van der Waals surface area contributed by atoms with Gasteiger partial charge in [-0.1, -0.05) is 42.5 Å². The molecule has 0 saturated carbocycles. The Kier molecular flexibility index (Phi) is 5.31. The van der Waals surface area contributed by atoms with Crippen molar-refractivity contribution in [2.45, 2.75) is 25.6 Å². The van der Waals surface area contributed by atoms with Crippen LogP contribution in [0.2, 0.25) is 0 Å². The summed E-state index contributed by atoms with van der Waals surface area (Å²) in [6, 6.07) is 20.7. The smallest absolute Gasteiger partial charge is 0.132 e. The Bertz CT molecular complexity index is 1050. The average Bonchev–Trinajstić information content (AvgIpc) is 2.70. The maximum Gasteiger partial charge on any atom is 0.132 e. The molecule has 0 fully saturated rings. The van der Waals surface area contributed by atoms with Crippen LogP contribution in [0.25, 0.3) is 16.3 Å². The summed E-state index contributed by atoms with van der Waals surface area (Å²) in [5.74, 6) is 1.48. The van der Waals surface area contributed by atoms with Gasteiger partial charge in [0.15, 0.2) is 0 Å². The first kappa shape index (κ1) is 19.5. The highest BCUT2D eigenvalue weighted by Crippen LogP contribution is 2.42. The van der Waals surface area contributed by atoms with Crippen LogP contribution in [0.4, 0.5) is 0 Å². The van der Waals surface area contributed by atoms with E-state index >= 15 is 0 Å². The molecule has 4 nitrogen and oxygen atoms in total. The van der Waals surface area contributed by atoms with Gasteiger partial charge in [0.2, 0.25) is 0 Å². The van der Waals surface area contributed by atoms with Crippen molar-refractivity contribution < 1.29 is 14.6 Å². The molecular weight excluding hydrogens is 362 g/mol. The number of ether oxygens (including phenoxy) is 2. The SMILES string of the molecule is CNCC(O)COc1ccc2c(c1)OC(C)(C)C=C2c1cccc2ccccc12. The fraction of sp³-hybridized carbons (Fsp3) is 0.280. The lowest BCUT2D eigenvalue weighted by atomic mass is 9.87. The Hall–Kier alpha value is -2.82. The van der Waals surface area contributed by atoms with Crippen molar-refractivity contribution in [2.75, 3.05) is 20.2 Å². The molecule has 150 valence electrons. The molecule has 1 heterocycles. The molecule has 3 aromatic carbocycles. The van der Waals surface area contributed by atoms with Gasteiger partial charge in [0, 0.05) is 18.2 Å². The average molecular weight is 389 g/mol. The highest BCUT2D eigenvalue weighted by Gasteiger charge is 2.28. The van der Waals surface area contributed by atoms with Crippen LogP contribution in [0.1, 0.15) is 25.0 Å². The lowest BCUT2D eigenvalue weighted by Crippen LogP contribution is -2.30. The van der Waals surface area contributed by atoms with Gasteiger partial charge >= 0.3 is 0 Å². The summed E-state index contributed by atoms with van der Waals surface area (Å²) in [5.41, 5.74) is 2.96. The van der Waals surface area contributed by atoms with E-state index in [1.165, 1.54) is 16.3 Å². The zero-order chi connectivity index (χ0) is 20.4. The maximum atomic E-state index is 9.90. The molecule has 29 heavy (non-hydrogen) atoms. The van der Waals surface area contributed by atoms with Crippen LogP contribution in [0.3, 0.4) is 0 Å². The summed E-state index contributed by atoms with van der Waals surface area (Å²) in [5, 5.41) is 15.3. The number of nitrogens with one attached hydrogen (secondary N) is 1. The number of rotatable bonds is 6. The second-order valence-electron chi connectivity index (χ2n) is 7.97. The van der Waals surface area contributed by atoms with Gasteiger partial charge in [-0.05, 0) is 61.0 Å². The number of hydrogen-bond acceptors (Lipinski definition) is 4. The van der Waals surface area contributed by atoms with E-state index in [1.807, 2.05) is 18.2 Å². The number of likely N-dealkylation sites (N-methyl/N-ethyl adjacent to an activating group) is 1. The number of benzene rings is 3. The van der Waals surface area contributed by atoms with Crippen LogP contribution in [-0.4, -0.2) is 37.0 Å². The predicted molar refractivity (Wildman–Crippen MR) is 118 cm³/mol. The molecule has 4 heteroatoms. The molecule has 0 amide bonds. The van der Waals surface area contributed by atoms with Gasteiger partial charge < -0.3 is 19.9 Å². The van der Waals surface area contributed by atoms with Crippen molar-refractivity contribution in [3.8, 4) is 11.5 Å². The van der Waals surface area contributed by atoms with Gasteiger partial charge in [-0.2, -0.15) is 0 Å². The summed E-state index contributed by atoms with van der Waals surface area (Å²) in [4.78, 5) is 0. The van der Waals surface area contributed by atoms with Gasteiger partial charge in [-0.15, -0.1) is 0 Å². The highest BCUT2D eigenvalue weighted by atomic mass is 16.5. The normalized spacial score (nSPS) is 15.9. The van der Waals surface area contributed by atoms with E-state index in [-0.39, 0.29) is 6.61 Å². The Labute approximate surface area is 171 Å². The molecule has 0 aliphatic carbocycles. The molecule has 0 saturated heterocycles. The van der Waals surface area contributed by atoms with Crippen molar-refractivity contribution in [2.24, 2.45) is 0 Å². The first-order valence-electron chi connectivity index (χ1n) is 9.97. The number of fused-ring (bicyclic) bond motifs is 2. The lowest BCUT2D eigenvalue weighted by molar-refractivity contribution is 0.107. The molecule has 3 aromatic rings. The second-order valence-corrected chi connectivity index (χ2v) is 7.97. The number of aliphatic hydroxyl groups is 1. The predicted octanol–water partition coefficient (Wildman–Crippen LogP) is 4.40. The molecule has 0 radical (unpaired) electrons. The molecule has 1 aliphatic heterocycles. The Morgan fingerprint density at radius 2 is 1.83 bits per heavy atom. The third kappa shape index (κ3) is 4.14. The minimum atomic E-state index is -0.556. The first-order valence-corrected chi connectivity index (χ1v) is 9.97. The molecule has 0 spiro atoms. The van der Waals surface area contributed by atoms with Crippen LogP contribution in [0.15, 0.2) is 66.7 Å². The Morgan fingerprint density at radius 3 is 2.66 bits per heavy atom. The van der Waals surface area contributed by atoms with E-state index in [0.717, 1.165) is 16.9 Å². The van der Waals surface area contributed by atoms with Gasteiger partial charge in [0.1, 0.15) is 29.8 Å². The molecular formula is C25H27NO3. The van der Waals surface area contributed by atoms with Crippen LogP contribution in [0.5, 0.6) is 11.5 Å². The quantitative estimate of drug-likeness (QED) is 0.656. The number of aliphatic hydroxyl groups excluding tert-OH is 1. The van der Waals surface area contributed by atoms with Crippen LogP contribution >= 0.6 is 0 Å². The van der Waals surface area contributed by atoms with E-state index < -0.39 is 11.7 Å². The molecule has 2 N–H and O–H groups in total. The number of hydrogen-bond donors (Lipinski definition) is 2. The Morgan fingerprint density at radius 1 is 1.03 bits per heavy atom. The lowest BCUT2D eigenvalue weighted by Gasteiger charge is -2.32. The second kappa shape index (κ2) is 7.90. The van der Waals surface area contributed by atoms with Crippen molar-refractivity contribution in [3.05, 3.63) is 77.9 Å². The van der Waals surface area contributed by atoms with Crippen LogP contribution < -0.4 is 14.8 Å². The largest absolute Gasteiger partial charge is 0.491 e. The summed E-state index contributed by atoms with van der Waals surface area (Å²) >= 11 is 0. The summed E-state index contributed by atoms with van der Waals surface area (Å²) in [7, 11) is 1.80. The van der Waals surface area contributed by atoms with Gasteiger partial charge in [-0.25, -0.2) is 0 Å². The topological polar surface area (TPSA) is 50.7 Å². The van der Waals surface area contributed by atoms with E-state index in [4.69, 9.17) is 9.47 Å². The van der Waals surface area contributed by atoms with Crippen molar-refractivity contribution >= 4 is 16.3 Å². The molecule has 0 bridgehead atoms. The van der Waals surface area contributed by atoms with E-state index in [9.17, 15) is 5.11 Å². The zero-order valence-electron chi connectivity index (χ0n) is 17.1. The molecule has 4 rings (SSSR count). The third-order valence-corrected chi connectivity index (χ3v) is 5.07. The summed E-state index contributed by atoms with van der Waals surface area (Å²) in [6.07, 6.45) is 1.63. The summed E-state index contributed by atoms with van der Waals surface area (Å²) < 4.78 is 12.0. The minimum Gasteiger partial charge on any atom is -0.491 e. The molecule has 0 aromatic heterocycles. The van der Waals surface area contributed by atoms with Crippen molar-refractivity contribution in [1.29, 1.82) is 0 Å². The fourth-order valence-corrected chi connectivity index (χ4v) is 3.81. The molecule has 1 atom stereocenters. The standard InChI is InChI=1S/C25H27NO3/c1-25(2)14-23(21-10-6-8-17-7-4-5-9-20(17)21)22-12-11-19(13-24(22)29-25)28-16-18(27)15-26-3/h4-14,18,26-27H,15-16H2,1-3H3. The van der Waals surface area contributed by atoms with Crippen LogP contribution in [-0.2, 0) is 0 Å². The van der Waals surface area contributed by atoms with E-state index in [2.05, 4.69) is 67.7 Å². The monoisotopic (exact) mass is 389 g/mol. The van der Waals surface area contributed by atoms with Gasteiger partial charge in [0.25, 0.3) is 0 Å². The van der Waals surface area contributed by atoms with E-state index in [1.54, 1.807) is 7.05 Å². The maximum absolute atomic E-state index is 9.90. The fourth-order valence-electron chi connectivity index (χ4n) is 3.81. The third-order valence-electron chi connectivity index (χ3n) is 5.07. The van der Waals surface area contributed by atoms with Crippen molar-refractivity contribution in [3.63, 3.8) is 0 Å². The van der Waals surface area contributed by atoms with Crippen molar-refractivity contribution in [1.82, 2.24) is 5.32 Å². The van der Waals surface area contributed by atoms with Crippen LogP contribution in [0, 0.1) is 0 Å². The highest BCUT2D eigenvalue weighted by molar-refractivity contribution is 5.99. The van der Waals surface area contributed by atoms with Gasteiger partial charge in [-0.3, -0.25) is 0 Å². The first-order chi connectivity index (χ1) is 14.0. The van der Waals surface area contributed by atoms with E-state index in [0.29, 0.717) is 12.3 Å². The molecule has 1 aliphatic rings. The Balaban J connectivity index is 1.73. The summed E-state index contributed by atoms with van der Waals surface area (Å²) in [6.45, 7) is 4.84. The minimum absolute atomic E-state index is 0.231. The molecule has 1 unspecified atom stereocenters. The zero-order valence-corrected chi connectivity index (χ0v) is 17.1.